The molecule has 0 radical (unpaired) electrons. The summed E-state index contributed by atoms with van der Waals surface area (Å²) >= 11 is 1.56. The van der Waals surface area contributed by atoms with Gasteiger partial charge in [-0.05, 0) is 40.8 Å². The van der Waals surface area contributed by atoms with Crippen LogP contribution in [0.5, 0.6) is 0 Å². The smallest absolute Gasteiger partial charge is 0.287 e. The number of Topliss-reactive ketones (excluding diaryl/α,β-unsaturated/α-hetero) is 1. The summed E-state index contributed by atoms with van der Waals surface area (Å²) < 4.78 is 74.3. The number of halogens is 7. The van der Waals surface area contributed by atoms with Gasteiger partial charge in [0, 0.05) is 3.57 Å². The molecule has 1 rings (SSSR count). The van der Waals surface area contributed by atoms with Crippen molar-refractivity contribution >= 4 is 28.4 Å². The molecule has 0 unspecified atom stereocenters. The maximum Gasteiger partial charge on any atom is 0.461 e. The van der Waals surface area contributed by atoms with Gasteiger partial charge in [-0.1, -0.05) is 0 Å². The molecule has 0 atom stereocenters. The maximum absolute atomic E-state index is 13.0. The summed E-state index contributed by atoms with van der Waals surface area (Å²) in [5, 5.41) is 0. The molecule has 0 aromatic heterocycles. The van der Waals surface area contributed by atoms with Crippen LogP contribution in [0.3, 0.4) is 0 Å². The van der Waals surface area contributed by atoms with Crippen LogP contribution in [0.2, 0.25) is 0 Å². The van der Waals surface area contributed by atoms with Crippen molar-refractivity contribution in [3.8, 4) is 0 Å². The van der Waals surface area contributed by atoms with Gasteiger partial charge in [0.2, 0.25) is 5.78 Å². The fourth-order valence-corrected chi connectivity index (χ4v) is 1.46. The Morgan fingerprint density at radius 2 is 1.65 bits per heavy atom. The van der Waals surface area contributed by atoms with Crippen molar-refractivity contribution in [2.45, 2.75) is 12.1 Å². The molecule has 1 nitrogen and oxygen atoms in total. The molecule has 1 aromatic carbocycles. The Kier molecular flexibility index (Phi) is 3.75. The van der Waals surface area contributed by atoms with Gasteiger partial charge in [-0.25, -0.2) is 4.39 Å². The lowest BCUT2D eigenvalue weighted by atomic mass is 10.0. The van der Waals surface area contributed by atoms with Crippen LogP contribution in [-0.4, -0.2) is 17.9 Å². The minimum atomic E-state index is -6.04. The molecule has 0 heterocycles. The van der Waals surface area contributed by atoms with Gasteiger partial charge in [-0.15, -0.1) is 0 Å². The van der Waals surface area contributed by atoms with Crippen LogP contribution < -0.4 is 0 Å². The van der Waals surface area contributed by atoms with Crippen LogP contribution in [0.15, 0.2) is 18.2 Å². The molecule has 17 heavy (non-hydrogen) atoms. The van der Waals surface area contributed by atoms with Crippen molar-refractivity contribution in [3.05, 3.63) is 33.1 Å². The molecular weight excluding hydrogens is 365 g/mol. The van der Waals surface area contributed by atoms with E-state index in [-0.39, 0.29) is 3.57 Å². The van der Waals surface area contributed by atoms with Crippen LogP contribution in [0, 0.1) is 9.39 Å². The van der Waals surface area contributed by atoms with Gasteiger partial charge in [0.1, 0.15) is 5.82 Å². The number of rotatable bonds is 2. The van der Waals surface area contributed by atoms with Gasteiger partial charge < -0.3 is 0 Å². The summed E-state index contributed by atoms with van der Waals surface area (Å²) in [5.74, 6) is -9.61. The molecule has 0 spiro atoms. The lowest BCUT2D eigenvalue weighted by Crippen LogP contribution is -2.44. The van der Waals surface area contributed by atoms with Crippen molar-refractivity contribution < 1.29 is 31.1 Å². The zero-order chi connectivity index (χ0) is 13.4. The van der Waals surface area contributed by atoms with Crippen molar-refractivity contribution in [2.24, 2.45) is 0 Å². The number of alkyl halides is 5. The standard InChI is InChI=1S/C9H3F6IO/c10-6-2-1-4(16)3-5(6)7(17)8(11,12)9(13,14)15/h1-3H. The predicted molar refractivity (Wildman–Crippen MR) is 54.4 cm³/mol. The van der Waals surface area contributed by atoms with E-state index in [0.29, 0.717) is 12.1 Å². The number of benzene rings is 1. The number of hydrogen-bond donors (Lipinski definition) is 0. The summed E-state index contributed by atoms with van der Waals surface area (Å²) in [7, 11) is 0. The van der Waals surface area contributed by atoms with Crippen molar-refractivity contribution in [3.63, 3.8) is 0 Å². The Morgan fingerprint density at radius 3 is 2.12 bits per heavy atom. The highest BCUT2D eigenvalue weighted by atomic mass is 127. The summed E-state index contributed by atoms with van der Waals surface area (Å²) in [6.07, 6.45) is -6.04. The van der Waals surface area contributed by atoms with Crippen LogP contribution in [0.4, 0.5) is 26.3 Å². The SMILES string of the molecule is O=C(c1cc(I)ccc1F)C(F)(F)C(F)(F)F. The quantitative estimate of drug-likeness (QED) is 0.441. The molecule has 0 amide bonds. The second-order valence-corrected chi connectivity index (χ2v) is 4.27. The fourth-order valence-electron chi connectivity index (χ4n) is 0.969. The molecule has 8 heteroatoms. The fraction of sp³-hybridized carbons (Fsp3) is 0.222. The van der Waals surface area contributed by atoms with Crippen molar-refractivity contribution in [2.75, 3.05) is 0 Å². The Balaban J connectivity index is 3.26. The van der Waals surface area contributed by atoms with Gasteiger partial charge >= 0.3 is 12.1 Å². The van der Waals surface area contributed by atoms with E-state index in [9.17, 15) is 31.1 Å². The molecule has 0 N–H and O–H groups in total. The van der Waals surface area contributed by atoms with Gasteiger partial charge in [-0.2, -0.15) is 22.0 Å². The highest BCUT2D eigenvalue weighted by Gasteiger charge is 2.63. The summed E-state index contributed by atoms with van der Waals surface area (Å²) in [4.78, 5) is 11.0. The summed E-state index contributed by atoms with van der Waals surface area (Å²) in [5.41, 5.74) is -1.28. The maximum atomic E-state index is 13.0. The number of carbonyl (C=O) groups excluding carboxylic acids is 1. The lowest BCUT2D eigenvalue weighted by molar-refractivity contribution is -0.255. The first-order chi connectivity index (χ1) is 7.57. The van der Waals surface area contributed by atoms with E-state index in [1.165, 1.54) is 0 Å². The largest absolute Gasteiger partial charge is 0.461 e. The molecule has 94 valence electrons. The monoisotopic (exact) mass is 368 g/mol. The van der Waals surface area contributed by atoms with Crippen LogP contribution in [-0.2, 0) is 0 Å². The molecule has 1 aromatic rings. The number of hydrogen-bond acceptors (Lipinski definition) is 1. The van der Waals surface area contributed by atoms with Crippen LogP contribution >= 0.6 is 22.6 Å². The first kappa shape index (κ1) is 14.3. The summed E-state index contributed by atoms with van der Waals surface area (Å²) in [6, 6.07) is 2.43. The highest BCUT2D eigenvalue weighted by molar-refractivity contribution is 14.1. The van der Waals surface area contributed by atoms with E-state index in [1.807, 2.05) is 0 Å². The molecule has 0 bridgehead atoms. The molecule has 0 fully saturated rings. The van der Waals surface area contributed by atoms with E-state index >= 15 is 0 Å². The van der Waals surface area contributed by atoms with Gasteiger partial charge in [-0.3, -0.25) is 4.79 Å². The van der Waals surface area contributed by atoms with E-state index < -0.39 is 29.3 Å². The zero-order valence-electron chi connectivity index (χ0n) is 7.79. The Labute approximate surface area is 105 Å². The average Bonchev–Trinajstić information content (AvgIpc) is 2.19. The van der Waals surface area contributed by atoms with Gasteiger partial charge in [0.15, 0.2) is 0 Å². The molecular formula is C9H3F6IO. The topological polar surface area (TPSA) is 17.1 Å². The molecule has 0 saturated heterocycles. The van der Waals surface area contributed by atoms with Crippen molar-refractivity contribution in [1.29, 1.82) is 0 Å². The average molecular weight is 368 g/mol. The summed E-state index contributed by atoms with van der Waals surface area (Å²) in [6.45, 7) is 0. The zero-order valence-corrected chi connectivity index (χ0v) is 9.94. The Morgan fingerprint density at radius 1 is 1.12 bits per heavy atom. The number of ketones is 1. The molecule has 0 aliphatic carbocycles. The second-order valence-electron chi connectivity index (χ2n) is 3.03. The van der Waals surface area contributed by atoms with Crippen LogP contribution in [0.1, 0.15) is 10.4 Å². The predicted octanol–water partition coefficient (Wildman–Crippen LogP) is 3.81. The third-order valence-corrected chi connectivity index (χ3v) is 2.49. The minimum absolute atomic E-state index is 0.172. The normalized spacial score (nSPS) is 12.6. The molecule has 0 aliphatic heterocycles. The first-order valence-corrected chi connectivity index (χ1v) is 5.09. The van der Waals surface area contributed by atoms with Gasteiger partial charge in [0.25, 0.3) is 0 Å². The minimum Gasteiger partial charge on any atom is -0.287 e. The van der Waals surface area contributed by atoms with E-state index in [2.05, 4.69) is 0 Å². The lowest BCUT2D eigenvalue weighted by Gasteiger charge is -2.18. The number of carbonyl (C=O) groups is 1. The molecule has 0 saturated carbocycles. The van der Waals surface area contributed by atoms with E-state index in [4.69, 9.17) is 0 Å². The Hall–Kier alpha value is -0.800. The highest BCUT2D eigenvalue weighted by Crippen LogP contribution is 2.38. The van der Waals surface area contributed by atoms with Crippen LogP contribution in [0.25, 0.3) is 0 Å². The third kappa shape index (κ3) is 2.72. The van der Waals surface area contributed by atoms with E-state index in [1.54, 1.807) is 22.6 Å². The second kappa shape index (κ2) is 4.46. The third-order valence-electron chi connectivity index (χ3n) is 1.81. The van der Waals surface area contributed by atoms with Crippen molar-refractivity contribution in [1.82, 2.24) is 0 Å². The molecule has 0 aliphatic rings. The van der Waals surface area contributed by atoms with E-state index in [0.717, 1.165) is 6.07 Å². The first-order valence-electron chi connectivity index (χ1n) is 4.02. The van der Waals surface area contributed by atoms with Gasteiger partial charge in [0.05, 0.1) is 5.56 Å². The Bertz CT molecular complexity index is 453.